The van der Waals surface area contributed by atoms with E-state index < -0.39 is 0 Å². The summed E-state index contributed by atoms with van der Waals surface area (Å²) in [5, 5.41) is 1.16. The van der Waals surface area contributed by atoms with Gasteiger partial charge in [-0.15, -0.1) is 0 Å². The summed E-state index contributed by atoms with van der Waals surface area (Å²) < 4.78 is 1.67. The number of rotatable bonds is 7. The largest absolute Gasteiger partial charge is 0.331 e. The molecule has 1 aliphatic rings. The van der Waals surface area contributed by atoms with E-state index in [0.29, 0.717) is 28.3 Å². The van der Waals surface area contributed by atoms with E-state index >= 15 is 0 Å². The van der Waals surface area contributed by atoms with Crippen LogP contribution < -0.4 is 5.56 Å². The van der Waals surface area contributed by atoms with Crippen molar-refractivity contribution in [2.45, 2.75) is 45.6 Å². The quantitative estimate of drug-likeness (QED) is 0.478. The molecule has 3 aromatic rings. The third-order valence-corrected chi connectivity index (χ3v) is 7.05. The zero-order chi connectivity index (χ0) is 24.4. The molecule has 0 spiro atoms. The summed E-state index contributed by atoms with van der Waals surface area (Å²) in [6, 6.07) is 12.5. The highest BCUT2D eigenvalue weighted by atomic mass is 35.5. The molecule has 0 aliphatic heterocycles. The minimum atomic E-state index is -0.375. The Morgan fingerprint density at radius 2 is 1.85 bits per heavy atom. The van der Waals surface area contributed by atoms with Crippen LogP contribution in [-0.4, -0.2) is 52.4 Å². The van der Waals surface area contributed by atoms with Gasteiger partial charge in [0.15, 0.2) is 0 Å². The summed E-state index contributed by atoms with van der Waals surface area (Å²) in [7, 11) is 4.01. The minimum absolute atomic E-state index is 0.0440. The first-order valence-corrected chi connectivity index (χ1v) is 12.4. The van der Waals surface area contributed by atoms with Gasteiger partial charge in [-0.3, -0.25) is 14.2 Å². The number of carbonyl (C=O) groups excluding carboxylic acids is 1. The number of aromatic nitrogens is 2. The molecule has 1 atom stereocenters. The van der Waals surface area contributed by atoms with Crippen molar-refractivity contribution in [2.24, 2.45) is 5.92 Å². The van der Waals surface area contributed by atoms with Crippen LogP contribution in [0.4, 0.5) is 0 Å². The SMILES string of the molecule is Cc1cc(Cl)ccc1-n1c(C(C)N(CCN(C)C)C(=O)C2CCCC2)nc2ccccc2c1=O. The Labute approximate surface area is 206 Å². The Morgan fingerprint density at radius 1 is 1.15 bits per heavy atom. The Hall–Kier alpha value is -2.70. The summed E-state index contributed by atoms with van der Waals surface area (Å²) in [5.74, 6) is 0.773. The molecule has 1 heterocycles. The lowest BCUT2D eigenvalue weighted by Crippen LogP contribution is -2.43. The molecule has 0 radical (unpaired) electrons. The lowest BCUT2D eigenvalue weighted by molar-refractivity contribution is -0.138. The van der Waals surface area contributed by atoms with Crippen LogP contribution >= 0.6 is 11.6 Å². The molecule has 4 rings (SSSR count). The number of fused-ring (bicyclic) bond motifs is 1. The summed E-state index contributed by atoms with van der Waals surface area (Å²) >= 11 is 6.22. The molecule has 0 saturated heterocycles. The summed E-state index contributed by atoms with van der Waals surface area (Å²) in [6.45, 7) is 5.23. The number of aryl methyl sites for hydroxylation is 1. The van der Waals surface area contributed by atoms with Crippen molar-refractivity contribution in [1.29, 1.82) is 0 Å². The minimum Gasteiger partial charge on any atom is -0.331 e. The van der Waals surface area contributed by atoms with Gasteiger partial charge in [0.1, 0.15) is 5.82 Å². The van der Waals surface area contributed by atoms with E-state index in [2.05, 4.69) is 4.90 Å². The highest BCUT2D eigenvalue weighted by Gasteiger charge is 2.32. The molecule has 0 N–H and O–H groups in total. The lowest BCUT2D eigenvalue weighted by atomic mass is 10.0. The molecular formula is C27H33ClN4O2. The second-order valence-corrected chi connectivity index (χ2v) is 9.99. The lowest BCUT2D eigenvalue weighted by Gasteiger charge is -2.33. The zero-order valence-corrected chi connectivity index (χ0v) is 21.2. The van der Waals surface area contributed by atoms with Gasteiger partial charge < -0.3 is 9.80 Å². The second kappa shape index (κ2) is 10.3. The van der Waals surface area contributed by atoms with E-state index in [0.717, 1.165) is 43.5 Å². The number of hydrogen-bond acceptors (Lipinski definition) is 4. The maximum Gasteiger partial charge on any atom is 0.266 e. The molecule has 1 aromatic heterocycles. The van der Waals surface area contributed by atoms with Gasteiger partial charge in [0.2, 0.25) is 5.91 Å². The van der Waals surface area contributed by atoms with Gasteiger partial charge in [0.25, 0.3) is 5.56 Å². The summed E-state index contributed by atoms with van der Waals surface area (Å²) in [6.07, 6.45) is 4.04. The van der Waals surface area contributed by atoms with Crippen molar-refractivity contribution in [2.75, 3.05) is 27.2 Å². The smallest absolute Gasteiger partial charge is 0.266 e. The first-order valence-electron chi connectivity index (χ1n) is 12.0. The van der Waals surface area contributed by atoms with Crippen LogP contribution in [0.2, 0.25) is 5.02 Å². The van der Waals surface area contributed by atoms with E-state index in [4.69, 9.17) is 16.6 Å². The second-order valence-electron chi connectivity index (χ2n) is 9.55. The van der Waals surface area contributed by atoms with Crippen LogP contribution in [-0.2, 0) is 4.79 Å². The molecule has 7 heteroatoms. The summed E-state index contributed by atoms with van der Waals surface area (Å²) in [4.78, 5) is 36.4. The molecule has 2 aromatic carbocycles. The van der Waals surface area contributed by atoms with E-state index in [-0.39, 0.29) is 23.4 Å². The molecule has 1 unspecified atom stereocenters. The van der Waals surface area contributed by atoms with Gasteiger partial charge in [-0.05, 0) is 76.7 Å². The number of likely N-dealkylation sites (N-methyl/N-ethyl adjacent to an activating group) is 1. The highest BCUT2D eigenvalue weighted by molar-refractivity contribution is 6.30. The predicted molar refractivity (Wildman–Crippen MR) is 138 cm³/mol. The zero-order valence-electron chi connectivity index (χ0n) is 20.4. The normalized spacial score (nSPS) is 15.2. The Balaban J connectivity index is 1.89. The van der Waals surface area contributed by atoms with E-state index in [1.165, 1.54) is 0 Å². The third-order valence-electron chi connectivity index (χ3n) is 6.82. The van der Waals surface area contributed by atoms with Crippen molar-refractivity contribution in [3.05, 3.63) is 69.2 Å². The molecule has 34 heavy (non-hydrogen) atoms. The van der Waals surface area contributed by atoms with Crippen LogP contribution in [0.1, 0.15) is 50.0 Å². The first-order chi connectivity index (χ1) is 16.3. The number of nitrogens with zero attached hydrogens (tertiary/aromatic N) is 4. The topological polar surface area (TPSA) is 58.4 Å². The van der Waals surface area contributed by atoms with E-state index in [9.17, 15) is 9.59 Å². The van der Waals surface area contributed by atoms with Gasteiger partial charge in [0.05, 0.1) is 22.6 Å². The molecule has 1 fully saturated rings. The van der Waals surface area contributed by atoms with E-state index in [1.807, 2.05) is 63.2 Å². The van der Waals surface area contributed by atoms with Gasteiger partial charge in [-0.2, -0.15) is 0 Å². The first kappa shape index (κ1) is 24.4. The van der Waals surface area contributed by atoms with Crippen molar-refractivity contribution in [3.63, 3.8) is 0 Å². The summed E-state index contributed by atoms with van der Waals surface area (Å²) in [5.41, 5.74) is 2.11. The van der Waals surface area contributed by atoms with Crippen molar-refractivity contribution in [1.82, 2.24) is 19.4 Å². The number of halogens is 1. The highest BCUT2D eigenvalue weighted by Crippen LogP contribution is 2.31. The molecular weight excluding hydrogens is 448 g/mol. The third kappa shape index (κ3) is 4.89. The van der Waals surface area contributed by atoms with Crippen molar-refractivity contribution in [3.8, 4) is 5.69 Å². The molecule has 6 nitrogen and oxygen atoms in total. The average Bonchev–Trinajstić information content (AvgIpc) is 3.34. The molecule has 1 amide bonds. The van der Waals surface area contributed by atoms with Crippen molar-refractivity contribution >= 4 is 28.4 Å². The number of carbonyl (C=O) groups is 1. The van der Waals surface area contributed by atoms with Crippen LogP contribution in [0.3, 0.4) is 0 Å². The number of amides is 1. The molecule has 180 valence electrons. The number of benzene rings is 2. The maximum atomic E-state index is 13.8. The standard InChI is InChI=1S/C27H33ClN4O2/c1-18-17-21(28)13-14-24(18)32-25(29-23-12-8-7-11-22(23)27(32)34)19(2)31(16-15-30(3)4)26(33)20-9-5-6-10-20/h7-8,11-14,17,19-20H,5-6,9-10,15-16H2,1-4H3. The number of hydrogen-bond donors (Lipinski definition) is 0. The van der Waals surface area contributed by atoms with Crippen LogP contribution in [0, 0.1) is 12.8 Å². The van der Waals surface area contributed by atoms with Gasteiger partial charge in [0, 0.05) is 24.0 Å². The monoisotopic (exact) mass is 480 g/mol. The van der Waals surface area contributed by atoms with Crippen molar-refractivity contribution < 1.29 is 4.79 Å². The average molecular weight is 481 g/mol. The Morgan fingerprint density at radius 3 is 2.53 bits per heavy atom. The fraction of sp³-hybridized carbons (Fsp3) is 0.444. The van der Waals surface area contributed by atoms with Crippen LogP contribution in [0.25, 0.3) is 16.6 Å². The maximum absolute atomic E-state index is 13.8. The van der Waals surface area contributed by atoms with Gasteiger partial charge >= 0.3 is 0 Å². The van der Waals surface area contributed by atoms with Crippen LogP contribution in [0.15, 0.2) is 47.3 Å². The van der Waals surface area contributed by atoms with Crippen LogP contribution in [0.5, 0.6) is 0 Å². The Bertz CT molecular complexity index is 1250. The van der Waals surface area contributed by atoms with Gasteiger partial charge in [-0.1, -0.05) is 36.6 Å². The molecule has 1 aliphatic carbocycles. The van der Waals surface area contributed by atoms with E-state index in [1.54, 1.807) is 16.7 Å². The molecule has 1 saturated carbocycles. The Kier molecular flexibility index (Phi) is 7.39. The fourth-order valence-corrected chi connectivity index (χ4v) is 5.11. The predicted octanol–water partition coefficient (Wildman–Crippen LogP) is 4.99. The van der Waals surface area contributed by atoms with Gasteiger partial charge in [-0.25, -0.2) is 4.98 Å². The fourth-order valence-electron chi connectivity index (χ4n) is 4.88. The molecule has 0 bridgehead atoms. The number of para-hydroxylation sites is 1.